The van der Waals surface area contributed by atoms with Gasteiger partial charge in [-0.15, -0.1) is 0 Å². The van der Waals surface area contributed by atoms with Crippen LogP contribution in [0, 0.1) is 0 Å². The molecule has 0 fully saturated rings. The van der Waals surface area contributed by atoms with Crippen LogP contribution in [-0.4, -0.2) is 9.97 Å². The maximum absolute atomic E-state index is 5.18. The molecule has 0 aliphatic carbocycles. The first-order valence-corrected chi connectivity index (χ1v) is 16.3. The van der Waals surface area contributed by atoms with Gasteiger partial charge in [-0.05, 0) is 66.0 Å². The second-order valence-electron chi connectivity index (χ2n) is 12.1. The zero-order chi connectivity index (χ0) is 31.9. The number of hydrogen-bond donors (Lipinski definition) is 0. The summed E-state index contributed by atoms with van der Waals surface area (Å²) in [5.41, 5.74) is 4.90. The number of rotatable bonds is 3. The van der Waals surface area contributed by atoms with Gasteiger partial charge < -0.3 is 0 Å². The zero-order valence-electron chi connectivity index (χ0n) is 26.2. The van der Waals surface area contributed by atoms with Crippen LogP contribution in [0.15, 0.2) is 182 Å². The molecule has 1 heterocycles. The van der Waals surface area contributed by atoms with Crippen molar-refractivity contribution in [2.24, 2.45) is 0 Å². The normalized spacial score (nSPS) is 11.3. The first-order valence-electron chi connectivity index (χ1n) is 16.3. The zero-order valence-corrected chi connectivity index (χ0v) is 26.2. The number of benzene rings is 7. The standard InChI is InChI=1S/C46H30N2/c1-3-15-31(16-4-1)44-30-45(32-17-5-2-6-18-32)48-46(47-44)33-27-28-42-40-25-12-11-23-38(40)36-21-8-7-19-34(36)35-20-9-10-22-37(35)39-24-13-14-26-41(39)43(42)29-33/h1-30H. The molecule has 0 aliphatic heterocycles. The Labute approximate surface area is 278 Å². The molecule has 2 heteroatoms. The van der Waals surface area contributed by atoms with Crippen LogP contribution in [0.2, 0.25) is 0 Å². The second kappa shape index (κ2) is 11.8. The van der Waals surface area contributed by atoms with Gasteiger partial charge in [0.2, 0.25) is 0 Å². The first kappa shape index (κ1) is 27.9. The summed E-state index contributed by atoms with van der Waals surface area (Å²) in [7, 11) is 0. The summed E-state index contributed by atoms with van der Waals surface area (Å²) in [6.07, 6.45) is 0. The van der Waals surface area contributed by atoms with Crippen LogP contribution in [0.1, 0.15) is 0 Å². The predicted octanol–water partition coefficient (Wildman–Crippen LogP) is 12.4. The van der Waals surface area contributed by atoms with Gasteiger partial charge in [0.1, 0.15) is 0 Å². The van der Waals surface area contributed by atoms with Crippen molar-refractivity contribution < 1.29 is 0 Å². The Kier molecular flexibility index (Phi) is 6.84. The van der Waals surface area contributed by atoms with Crippen LogP contribution < -0.4 is 0 Å². The topological polar surface area (TPSA) is 25.8 Å². The van der Waals surface area contributed by atoms with Gasteiger partial charge in [-0.1, -0.05) is 170 Å². The molecule has 0 aliphatic rings. The highest BCUT2D eigenvalue weighted by molar-refractivity contribution is 6.26. The maximum Gasteiger partial charge on any atom is 0.160 e. The molecule has 9 aromatic rings. The minimum Gasteiger partial charge on any atom is -0.228 e. The lowest BCUT2D eigenvalue weighted by atomic mass is 9.94. The van der Waals surface area contributed by atoms with Gasteiger partial charge in [0.25, 0.3) is 0 Å². The van der Waals surface area contributed by atoms with E-state index in [0.29, 0.717) is 5.82 Å². The van der Waals surface area contributed by atoms with Crippen molar-refractivity contribution in [3.63, 3.8) is 0 Å². The fourth-order valence-corrected chi connectivity index (χ4v) is 7.04. The summed E-state index contributed by atoms with van der Waals surface area (Å²) in [5.74, 6) is 0.701. The van der Waals surface area contributed by atoms with E-state index in [4.69, 9.17) is 9.97 Å². The molecule has 0 saturated carbocycles. The average molecular weight is 611 g/mol. The van der Waals surface area contributed by atoms with Gasteiger partial charge in [-0.3, -0.25) is 0 Å². The van der Waals surface area contributed by atoms with Crippen molar-refractivity contribution in [2.75, 3.05) is 0 Å². The quantitative estimate of drug-likeness (QED) is 0.199. The molecule has 0 N–H and O–H groups in total. The van der Waals surface area contributed by atoms with Crippen LogP contribution in [0.4, 0.5) is 0 Å². The van der Waals surface area contributed by atoms with Crippen molar-refractivity contribution in [3.05, 3.63) is 182 Å². The molecule has 0 unspecified atom stereocenters. The molecular formula is C46H30N2. The minimum atomic E-state index is 0.701. The van der Waals surface area contributed by atoms with Crippen LogP contribution in [0.5, 0.6) is 0 Å². The van der Waals surface area contributed by atoms with E-state index in [1.807, 2.05) is 12.1 Å². The average Bonchev–Trinajstić information content (AvgIpc) is 3.18. The Morgan fingerprint density at radius 3 is 0.917 bits per heavy atom. The lowest BCUT2D eigenvalue weighted by Gasteiger charge is -2.12. The van der Waals surface area contributed by atoms with E-state index < -0.39 is 0 Å². The molecule has 0 saturated heterocycles. The molecule has 224 valence electrons. The number of fused-ring (bicyclic) bond motifs is 10. The third kappa shape index (κ3) is 4.83. The third-order valence-electron chi connectivity index (χ3n) is 9.30. The van der Waals surface area contributed by atoms with Gasteiger partial charge in [-0.2, -0.15) is 0 Å². The van der Waals surface area contributed by atoms with Crippen molar-refractivity contribution in [2.45, 2.75) is 0 Å². The molecule has 8 aromatic carbocycles. The lowest BCUT2D eigenvalue weighted by Crippen LogP contribution is -1.96. The van der Waals surface area contributed by atoms with Crippen molar-refractivity contribution in [1.29, 1.82) is 0 Å². The van der Waals surface area contributed by atoms with E-state index >= 15 is 0 Å². The van der Waals surface area contributed by atoms with Crippen molar-refractivity contribution in [3.8, 4) is 33.9 Å². The molecule has 0 bridgehead atoms. The van der Waals surface area contributed by atoms with Crippen LogP contribution in [0.3, 0.4) is 0 Å². The van der Waals surface area contributed by atoms with E-state index in [9.17, 15) is 0 Å². The fourth-order valence-electron chi connectivity index (χ4n) is 7.04. The molecule has 2 nitrogen and oxygen atoms in total. The number of nitrogens with zero attached hydrogens (tertiary/aromatic N) is 2. The second-order valence-corrected chi connectivity index (χ2v) is 12.1. The Hall–Kier alpha value is -6.38. The number of aromatic nitrogens is 2. The Morgan fingerprint density at radius 2 is 0.542 bits per heavy atom. The molecule has 0 spiro atoms. The van der Waals surface area contributed by atoms with E-state index in [-0.39, 0.29) is 0 Å². The molecule has 48 heavy (non-hydrogen) atoms. The van der Waals surface area contributed by atoms with Gasteiger partial charge >= 0.3 is 0 Å². The maximum atomic E-state index is 5.18. The highest BCUT2D eigenvalue weighted by Crippen LogP contribution is 2.37. The molecule has 0 atom stereocenters. The highest BCUT2D eigenvalue weighted by Gasteiger charge is 2.13. The summed E-state index contributed by atoms with van der Waals surface area (Å²) >= 11 is 0. The molecular weight excluding hydrogens is 581 g/mol. The summed E-state index contributed by atoms with van der Waals surface area (Å²) in [4.78, 5) is 10.4. The smallest absolute Gasteiger partial charge is 0.160 e. The SMILES string of the molecule is c1ccc(-c2cc(-c3ccccc3)nc(-c3ccc4c5ccccc5c5ccccc5c5ccccc5c5ccccc5c4c3)n2)cc1. The van der Waals surface area contributed by atoms with Crippen LogP contribution in [-0.2, 0) is 0 Å². The lowest BCUT2D eigenvalue weighted by molar-refractivity contribution is 1.18. The predicted molar refractivity (Wildman–Crippen MR) is 203 cm³/mol. The summed E-state index contributed by atoms with van der Waals surface area (Å²) < 4.78 is 0. The van der Waals surface area contributed by atoms with Gasteiger partial charge in [-0.25, -0.2) is 9.97 Å². The van der Waals surface area contributed by atoms with Gasteiger partial charge in [0, 0.05) is 16.7 Å². The van der Waals surface area contributed by atoms with Crippen molar-refractivity contribution in [1.82, 2.24) is 9.97 Å². The van der Waals surface area contributed by atoms with Gasteiger partial charge in [0.05, 0.1) is 11.4 Å². The van der Waals surface area contributed by atoms with E-state index in [0.717, 1.165) is 33.5 Å². The Bertz CT molecular complexity index is 2580. The summed E-state index contributed by atoms with van der Waals surface area (Å²) in [5, 5.41) is 12.0. The largest absolute Gasteiger partial charge is 0.228 e. The van der Waals surface area contributed by atoms with Crippen LogP contribution in [0.25, 0.3) is 87.8 Å². The highest BCUT2D eigenvalue weighted by atomic mass is 14.9. The number of hydrogen-bond acceptors (Lipinski definition) is 2. The van der Waals surface area contributed by atoms with E-state index in [1.54, 1.807) is 0 Å². The summed E-state index contributed by atoms with van der Waals surface area (Å²) in [6, 6.07) is 64.7. The summed E-state index contributed by atoms with van der Waals surface area (Å²) in [6.45, 7) is 0. The monoisotopic (exact) mass is 610 g/mol. The third-order valence-corrected chi connectivity index (χ3v) is 9.30. The molecule has 0 radical (unpaired) electrons. The molecule has 1 aromatic heterocycles. The van der Waals surface area contributed by atoms with E-state index in [2.05, 4.69) is 170 Å². The first-order chi connectivity index (χ1) is 23.8. The van der Waals surface area contributed by atoms with E-state index in [1.165, 1.54) is 48.5 Å². The molecule has 9 rings (SSSR count). The van der Waals surface area contributed by atoms with Gasteiger partial charge in [0.15, 0.2) is 5.82 Å². The fraction of sp³-hybridized carbons (Fsp3) is 0. The Balaban J connectivity index is 1.45. The van der Waals surface area contributed by atoms with Crippen LogP contribution >= 0.6 is 0 Å². The van der Waals surface area contributed by atoms with Crippen molar-refractivity contribution >= 4 is 53.9 Å². The Morgan fingerprint density at radius 1 is 0.229 bits per heavy atom. The molecule has 0 amide bonds. The minimum absolute atomic E-state index is 0.701.